The summed E-state index contributed by atoms with van der Waals surface area (Å²) in [5.74, 6) is -2.63. The van der Waals surface area contributed by atoms with Gasteiger partial charge in [-0.3, -0.25) is 4.79 Å². The Kier molecular flexibility index (Phi) is 6.03. The SMILES string of the molecule is C[C@H](NC(=O)c1c(C(F)(F)F)nn2c1N(Cc1ccccc1F)CC2)c1ccc(C(=O)O)cc1. The van der Waals surface area contributed by atoms with Gasteiger partial charge in [0.05, 0.1) is 18.2 Å². The zero-order valence-electron chi connectivity index (χ0n) is 17.9. The van der Waals surface area contributed by atoms with Crippen LogP contribution in [0.15, 0.2) is 48.5 Å². The molecule has 0 spiro atoms. The van der Waals surface area contributed by atoms with Crippen LogP contribution in [0.3, 0.4) is 0 Å². The smallest absolute Gasteiger partial charge is 0.436 e. The first-order valence-electron chi connectivity index (χ1n) is 10.4. The van der Waals surface area contributed by atoms with Gasteiger partial charge in [0.1, 0.15) is 17.2 Å². The number of hydrogen-bond acceptors (Lipinski definition) is 4. The van der Waals surface area contributed by atoms with Gasteiger partial charge >= 0.3 is 12.1 Å². The van der Waals surface area contributed by atoms with E-state index < -0.39 is 41.2 Å². The number of aromatic nitrogens is 2. The van der Waals surface area contributed by atoms with Gasteiger partial charge in [-0.15, -0.1) is 0 Å². The molecule has 1 amide bonds. The van der Waals surface area contributed by atoms with Crippen molar-refractivity contribution in [1.82, 2.24) is 15.1 Å². The summed E-state index contributed by atoms with van der Waals surface area (Å²) in [6, 6.07) is 10.8. The Labute approximate surface area is 191 Å². The average molecular weight is 476 g/mol. The van der Waals surface area contributed by atoms with Gasteiger partial charge in [0, 0.05) is 18.7 Å². The highest BCUT2D eigenvalue weighted by molar-refractivity contribution is 6.01. The molecule has 4 rings (SSSR count). The lowest BCUT2D eigenvalue weighted by atomic mass is 10.1. The number of fused-ring (bicyclic) bond motifs is 1. The quantitative estimate of drug-likeness (QED) is 0.520. The number of carboxylic acids is 1. The normalized spacial score (nSPS) is 14.1. The molecule has 0 unspecified atom stereocenters. The molecule has 2 heterocycles. The van der Waals surface area contributed by atoms with Crippen LogP contribution in [0.2, 0.25) is 0 Å². The molecule has 178 valence electrons. The maximum Gasteiger partial charge on any atom is 0.436 e. The van der Waals surface area contributed by atoms with Crippen molar-refractivity contribution in [3.63, 3.8) is 0 Å². The molecule has 7 nitrogen and oxygen atoms in total. The third-order valence-corrected chi connectivity index (χ3v) is 5.63. The van der Waals surface area contributed by atoms with E-state index in [0.717, 1.165) is 4.68 Å². The fourth-order valence-corrected chi connectivity index (χ4v) is 3.91. The number of nitrogens with zero attached hydrogens (tertiary/aromatic N) is 3. The van der Waals surface area contributed by atoms with E-state index in [1.807, 2.05) is 0 Å². The van der Waals surface area contributed by atoms with Crippen LogP contribution in [0.25, 0.3) is 0 Å². The summed E-state index contributed by atoms with van der Waals surface area (Å²) in [6.07, 6.45) is -4.87. The maximum atomic E-state index is 14.2. The molecule has 2 N–H and O–H groups in total. The summed E-state index contributed by atoms with van der Waals surface area (Å²) in [5.41, 5.74) is -1.11. The Morgan fingerprint density at radius 1 is 1.12 bits per heavy atom. The second-order valence-electron chi connectivity index (χ2n) is 7.90. The molecule has 0 saturated carbocycles. The topological polar surface area (TPSA) is 87.5 Å². The first-order valence-corrected chi connectivity index (χ1v) is 10.4. The van der Waals surface area contributed by atoms with E-state index in [2.05, 4.69) is 10.4 Å². The zero-order chi connectivity index (χ0) is 24.6. The summed E-state index contributed by atoms with van der Waals surface area (Å²) >= 11 is 0. The first-order chi connectivity index (χ1) is 16.1. The number of amides is 1. The van der Waals surface area contributed by atoms with Crippen LogP contribution in [-0.4, -0.2) is 33.3 Å². The summed E-state index contributed by atoms with van der Waals surface area (Å²) in [4.78, 5) is 25.6. The van der Waals surface area contributed by atoms with Crippen molar-refractivity contribution in [2.75, 3.05) is 11.4 Å². The van der Waals surface area contributed by atoms with Gasteiger partial charge in [0.25, 0.3) is 5.91 Å². The molecular formula is C23H20F4N4O3. The van der Waals surface area contributed by atoms with Crippen LogP contribution in [0.5, 0.6) is 0 Å². The van der Waals surface area contributed by atoms with Crippen LogP contribution in [-0.2, 0) is 19.3 Å². The number of rotatable bonds is 6. The molecule has 3 aromatic rings. The van der Waals surface area contributed by atoms with E-state index >= 15 is 0 Å². The molecule has 34 heavy (non-hydrogen) atoms. The Morgan fingerprint density at radius 2 is 1.79 bits per heavy atom. The molecular weight excluding hydrogens is 456 g/mol. The number of carbonyl (C=O) groups excluding carboxylic acids is 1. The highest BCUT2D eigenvalue weighted by Crippen LogP contribution is 2.38. The molecule has 2 aromatic carbocycles. The third-order valence-electron chi connectivity index (χ3n) is 5.63. The number of halogens is 4. The monoisotopic (exact) mass is 476 g/mol. The first kappa shape index (κ1) is 23.3. The second kappa shape index (κ2) is 8.81. The third kappa shape index (κ3) is 4.45. The lowest BCUT2D eigenvalue weighted by Crippen LogP contribution is -2.31. The summed E-state index contributed by atoms with van der Waals surface area (Å²) in [5, 5.41) is 15.2. The van der Waals surface area contributed by atoms with Crippen molar-refractivity contribution in [3.8, 4) is 0 Å². The molecule has 1 aliphatic rings. The molecule has 0 aliphatic carbocycles. The standard InChI is InChI=1S/C23H20F4N4O3/c1-13(14-6-8-15(9-7-14)22(33)34)28-20(32)18-19(23(25,26)27)29-31-11-10-30(21(18)31)12-16-4-2-3-5-17(16)24/h2-9,13H,10-12H2,1H3,(H,28,32)(H,33,34)/t13-/m0/s1. The van der Waals surface area contributed by atoms with E-state index in [1.54, 1.807) is 13.0 Å². The molecule has 0 bridgehead atoms. The summed E-state index contributed by atoms with van der Waals surface area (Å²) < 4.78 is 56.6. The van der Waals surface area contributed by atoms with Crippen molar-refractivity contribution >= 4 is 17.7 Å². The fourth-order valence-electron chi connectivity index (χ4n) is 3.91. The minimum absolute atomic E-state index is 0.0256. The number of carboxylic acid groups (broad SMARTS) is 1. The predicted octanol–water partition coefficient (Wildman–Crippen LogP) is 4.25. The Morgan fingerprint density at radius 3 is 2.41 bits per heavy atom. The van der Waals surface area contributed by atoms with E-state index in [4.69, 9.17) is 5.11 Å². The van der Waals surface area contributed by atoms with Crippen molar-refractivity contribution in [1.29, 1.82) is 0 Å². The molecule has 11 heteroatoms. The van der Waals surface area contributed by atoms with Crippen molar-refractivity contribution < 1.29 is 32.3 Å². The lowest BCUT2D eigenvalue weighted by molar-refractivity contribution is -0.141. The molecule has 0 fully saturated rings. The van der Waals surface area contributed by atoms with Gasteiger partial charge in [-0.1, -0.05) is 30.3 Å². The van der Waals surface area contributed by atoms with Crippen LogP contribution < -0.4 is 10.2 Å². The Hall–Kier alpha value is -3.89. The Balaban J connectivity index is 1.65. The van der Waals surface area contributed by atoms with Crippen LogP contribution in [0.1, 0.15) is 50.5 Å². The summed E-state index contributed by atoms with van der Waals surface area (Å²) in [7, 11) is 0. The van der Waals surface area contributed by atoms with Gasteiger partial charge in [0.2, 0.25) is 0 Å². The highest BCUT2D eigenvalue weighted by atomic mass is 19.4. The van der Waals surface area contributed by atoms with E-state index in [1.165, 1.54) is 47.4 Å². The van der Waals surface area contributed by atoms with Crippen LogP contribution in [0.4, 0.5) is 23.4 Å². The van der Waals surface area contributed by atoms with Gasteiger partial charge in [-0.05, 0) is 30.7 Å². The Bertz CT molecular complexity index is 1240. The molecule has 1 aromatic heterocycles. The highest BCUT2D eigenvalue weighted by Gasteiger charge is 2.44. The largest absolute Gasteiger partial charge is 0.478 e. The predicted molar refractivity (Wildman–Crippen MR) is 114 cm³/mol. The number of nitrogens with one attached hydrogen (secondary N) is 1. The van der Waals surface area contributed by atoms with Crippen LogP contribution in [0, 0.1) is 5.82 Å². The number of aromatic carboxylic acids is 1. The molecule has 0 saturated heterocycles. The number of benzene rings is 2. The van der Waals surface area contributed by atoms with E-state index in [-0.39, 0.29) is 36.6 Å². The summed E-state index contributed by atoms with van der Waals surface area (Å²) in [6.45, 7) is 1.93. The van der Waals surface area contributed by atoms with E-state index in [0.29, 0.717) is 5.56 Å². The average Bonchev–Trinajstić information content (AvgIpc) is 3.35. The van der Waals surface area contributed by atoms with Crippen molar-refractivity contribution in [2.24, 2.45) is 0 Å². The van der Waals surface area contributed by atoms with Crippen molar-refractivity contribution in [3.05, 3.63) is 82.3 Å². The number of alkyl halides is 3. The molecule has 0 radical (unpaired) electrons. The second-order valence-corrected chi connectivity index (χ2v) is 7.90. The molecule has 1 aliphatic heterocycles. The number of carbonyl (C=O) groups is 2. The fraction of sp³-hybridized carbons (Fsp3) is 0.261. The number of anilines is 1. The minimum Gasteiger partial charge on any atom is -0.478 e. The lowest BCUT2D eigenvalue weighted by Gasteiger charge is -2.21. The minimum atomic E-state index is -4.87. The zero-order valence-corrected chi connectivity index (χ0v) is 17.9. The van der Waals surface area contributed by atoms with E-state index in [9.17, 15) is 27.2 Å². The maximum absolute atomic E-state index is 14.2. The van der Waals surface area contributed by atoms with Crippen molar-refractivity contribution in [2.45, 2.75) is 32.2 Å². The number of hydrogen-bond donors (Lipinski definition) is 2. The van der Waals surface area contributed by atoms with Crippen LogP contribution >= 0.6 is 0 Å². The molecule has 1 atom stereocenters. The van der Waals surface area contributed by atoms with Gasteiger partial charge in [0.15, 0.2) is 5.69 Å². The van der Waals surface area contributed by atoms with Gasteiger partial charge in [-0.2, -0.15) is 18.3 Å². The van der Waals surface area contributed by atoms with Gasteiger partial charge in [-0.25, -0.2) is 13.9 Å². The van der Waals surface area contributed by atoms with Gasteiger partial charge < -0.3 is 15.3 Å².